The van der Waals surface area contributed by atoms with Crippen LogP contribution >= 0.6 is 0 Å². The second-order valence-corrected chi connectivity index (χ2v) is 7.73. The standard InChI is InChI=1S/C23H26N4O2/c1-15-6-5-11-27(14-15)23(28)20-13-24-22-19(10-9-16(2)25-22)21(20)26-17-7-4-8-18(12-17)29-3/h4,7-10,12-13,15H,5-6,11,14H2,1-3H3,(H,24,25,26). The van der Waals surface area contributed by atoms with Gasteiger partial charge in [-0.1, -0.05) is 13.0 Å². The zero-order valence-corrected chi connectivity index (χ0v) is 17.1. The minimum absolute atomic E-state index is 0.0110. The van der Waals surface area contributed by atoms with Gasteiger partial charge in [0.25, 0.3) is 5.91 Å². The quantitative estimate of drug-likeness (QED) is 0.707. The number of rotatable bonds is 4. The lowest BCUT2D eigenvalue weighted by Crippen LogP contribution is -2.39. The fourth-order valence-corrected chi connectivity index (χ4v) is 3.86. The first-order valence-electron chi connectivity index (χ1n) is 10.0. The van der Waals surface area contributed by atoms with Crippen LogP contribution in [0.25, 0.3) is 11.0 Å². The predicted molar refractivity (Wildman–Crippen MR) is 115 cm³/mol. The van der Waals surface area contributed by atoms with Gasteiger partial charge in [-0.2, -0.15) is 0 Å². The van der Waals surface area contributed by atoms with Crippen LogP contribution in [0.15, 0.2) is 42.6 Å². The van der Waals surface area contributed by atoms with E-state index in [9.17, 15) is 4.79 Å². The highest BCUT2D eigenvalue weighted by molar-refractivity contribution is 6.07. The Labute approximate surface area is 170 Å². The zero-order valence-electron chi connectivity index (χ0n) is 17.1. The topological polar surface area (TPSA) is 67.3 Å². The summed E-state index contributed by atoms with van der Waals surface area (Å²) in [5, 5.41) is 4.26. The molecule has 0 aliphatic carbocycles. The third-order valence-electron chi connectivity index (χ3n) is 5.38. The predicted octanol–water partition coefficient (Wildman–Crippen LogP) is 4.56. The van der Waals surface area contributed by atoms with Gasteiger partial charge >= 0.3 is 0 Å². The smallest absolute Gasteiger partial charge is 0.257 e. The molecule has 3 aromatic rings. The van der Waals surface area contributed by atoms with Crippen molar-refractivity contribution in [2.75, 3.05) is 25.5 Å². The molecule has 3 heterocycles. The first-order valence-corrected chi connectivity index (χ1v) is 10.0. The Morgan fingerprint density at radius 1 is 1.28 bits per heavy atom. The third kappa shape index (κ3) is 4.01. The Bertz CT molecular complexity index is 1050. The number of carbonyl (C=O) groups is 1. The lowest BCUT2D eigenvalue weighted by Gasteiger charge is -2.31. The highest BCUT2D eigenvalue weighted by Gasteiger charge is 2.25. The number of nitrogens with zero attached hydrogens (tertiary/aromatic N) is 3. The maximum atomic E-state index is 13.4. The summed E-state index contributed by atoms with van der Waals surface area (Å²) in [6.07, 6.45) is 3.85. The monoisotopic (exact) mass is 390 g/mol. The van der Waals surface area contributed by atoms with Crippen molar-refractivity contribution in [1.29, 1.82) is 0 Å². The number of benzene rings is 1. The average molecular weight is 390 g/mol. The highest BCUT2D eigenvalue weighted by atomic mass is 16.5. The van der Waals surface area contributed by atoms with Gasteiger partial charge in [-0.15, -0.1) is 0 Å². The SMILES string of the molecule is COc1cccc(Nc2c(C(=O)N3CCCC(C)C3)cnc3nc(C)ccc23)c1. The van der Waals surface area contributed by atoms with Crippen molar-refractivity contribution in [2.45, 2.75) is 26.7 Å². The molecule has 1 N–H and O–H groups in total. The normalized spacial score (nSPS) is 16.7. The van der Waals surface area contributed by atoms with E-state index >= 15 is 0 Å². The second kappa shape index (κ2) is 8.07. The highest BCUT2D eigenvalue weighted by Crippen LogP contribution is 2.31. The summed E-state index contributed by atoms with van der Waals surface area (Å²) in [4.78, 5) is 24.4. The van der Waals surface area contributed by atoms with Crippen molar-refractivity contribution < 1.29 is 9.53 Å². The largest absolute Gasteiger partial charge is 0.497 e. The third-order valence-corrected chi connectivity index (χ3v) is 5.38. The number of piperidine rings is 1. The van der Waals surface area contributed by atoms with Crippen LogP contribution in [0, 0.1) is 12.8 Å². The number of aromatic nitrogens is 2. The van der Waals surface area contributed by atoms with Gasteiger partial charge in [0.05, 0.1) is 18.4 Å². The van der Waals surface area contributed by atoms with Gasteiger partial charge in [0.15, 0.2) is 5.65 Å². The number of hydrogen-bond acceptors (Lipinski definition) is 5. The molecular weight excluding hydrogens is 364 g/mol. The molecule has 1 aromatic carbocycles. The number of nitrogens with one attached hydrogen (secondary N) is 1. The number of ether oxygens (including phenoxy) is 1. The molecule has 1 saturated heterocycles. The van der Waals surface area contributed by atoms with Crippen molar-refractivity contribution in [2.24, 2.45) is 5.92 Å². The van der Waals surface area contributed by atoms with Crippen LogP contribution in [-0.4, -0.2) is 41.0 Å². The van der Waals surface area contributed by atoms with E-state index in [0.717, 1.165) is 54.1 Å². The van der Waals surface area contributed by atoms with Crippen molar-refractivity contribution in [3.8, 4) is 5.75 Å². The van der Waals surface area contributed by atoms with Crippen LogP contribution in [0.2, 0.25) is 0 Å². The number of carbonyl (C=O) groups excluding carboxylic acids is 1. The maximum absolute atomic E-state index is 13.4. The summed E-state index contributed by atoms with van der Waals surface area (Å²) >= 11 is 0. The molecule has 4 rings (SSSR count). The molecule has 1 amide bonds. The van der Waals surface area contributed by atoms with Crippen molar-refractivity contribution in [3.05, 3.63) is 53.9 Å². The number of fused-ring (bicyclic) bond motifs is 1. The molecule has 0 spiro atoms. The average Bonchev–Trinajstić information content (AvgIpc) is 2.73. The van der Waals surface area contributed by atoms with E-state index in [-0.39, 0.29) is 5.91 Å². The summed E-state index contributed by atoms with van der Waals surface area (Å²) < 4.78 is 5.34. The molecule has 1 unspecified atom stereocenters. The number of hydrogen-bond donors (Lipinski definition) is 1. The zero-order chi connectivity index (χ0) is 20.4. The van der Waals surface area contributed by atoms with Gasteiger partial charge in [0.1, 0.15) is 5.75 Å². The van der Waals surface area contributed by atoms with Crippen LogP contribution in [-0.2, 0) is 0 Å². The van der Waals surface area contributed by atoms with Crippen LogP contribution < -0.4 is 10.1 Å². The first-order chi connectivity index (χ1) is 14.0. The van der Waals surface area contributed by atoms with E-state index in [2.05, 4.69) is 22.2 Å². The molecule has 6 nitrogen and oxygen atoms in total. The molecular formula is C23H26N4O2. The molecule has 6 heteroatoms. The Balaban J connectivity index is 1.79. The van der Waals surface area contributed by atoms with Crippen LogP contribution in [0.4, 0.5) is 11.4 Å². The number of aryl methyl sites for hydroxylation is 1. The molecule has 1 aliphatic rings. The van der Waals surface area contributed by atoms with Crippen molar-refractivity contribution in [1.82, 2.24) is 14.9 Å². The minimum Gasteiger partial charge on any atom is -0.497 e. The van der Waals surface area contributed by atoms with Gasteiger partial charge < -0.3 is 15.0 Å². The van der Waals surface area contributed by atoms with Gasteiger partial charge in [0.2, 0.25) is 0 Å². The van der Waals surface area contributed by atoms with Gasteiger partial charge in [0, 0.05) is 42.1 Å². The van der Waals surface area contributed by atoms with E-state index in [1.165, 1.54) is 0 Å². The van der Waals surface area contributed by atoms with Gasteiger partial charge in [-0.05, 0) is 49.9 Å². The summed E-state index contributed by atoms with van der Waals surface area (Å²) in [5.41, 5.74) is 3.66. The number of pyridine rings is 2. The fraction of sp³-hybridized carbons (Fsp3) is 0.348. The Morgan fingerprint density at radius 2 is 2.14 bits per heavy atom. The van der Waals surface area contributed by atoms with E-state index in [1.54, 1.807) is 13.3 Å². The Hall–Kier alpha value is -3.15. The van der Waals surface area contributed by atoms with Crippen LogP contribution in [0.5, 0.6) is 5.75 Å². The van der Waals surface area contributed by atoms with E-state index in [4.69, 9.17) is 4.74 Å². The number of likely N-dealkylation sites (tertiary alicyclic amines) is 1. The lowest BCUT2D eigenvalue weighted by molar-refractivity contribution is 0.0684. The number of anilines is 2. The second-order valence-electron chi connectivity index (χ2n) is 7.73. The summed E-state index contributed by atoms with van der Waals surface area (Å²) in [5.74, 6) is 1.28. The van der Waals surface area contributed by atoms with Gasteiger partial charge in [-0.3, -0.25) is 4.79 Å². The molecule has 0 radical (unpaired) electrons. The molecule has 1 atom stereocenters. The molecule has 29 heavy (non-hydrogen) atoms. The van der Waals surface area contributed by atoms with E-state index in [0.29, 0.717) is 17.1 Å². The van der Waals surface area contributed by atoms with E-state index < -0.39 is 0 Å². The summed E-state index contributed by atoms with van der Waals surface area (Å²) in [7, 11) is 1.64. The number of amides is 1. The summed E-state index contributed by atoms with van der Waals surface area (Å²) in [6, 6.07) is 11.6. The van der Waals surface area contributed by atoms with Crippen LogP contribution in [0.1, 0.15) is 35.8 Å². The molecule has 150 valence electrons. The number of methoxy groups -OCH3 is 1. The maximum Gasteiger partial charge on any atom is 0.257 e. The molecule has 1 fully saturated rings. The lowest BCUT2D eigenvalue weighted by atomic mass is 9.99. The molecule has 1 aliphatic heterocycles. The van der Waals surface area contributed by atoms with Crippen molar-refractivity contribution >= 4 is 28.3 Å². The molecule has 2 aromatic heterocycles. The molecule has 0 saturated carbocycles. The minimum atomic E-state index is 0.0110. The van der Waals surface area contributed by atoms with Crippen molar-refractivity contribution in [3.63, 3.8) is 0 Å². The Morgan fingerprint density at radius 3 is 2.93 bits per heavy atom. The Kier molecular flexibility index (Phi) is 5.34. The van der Waals surface area contributed by atoms with E-state index in [1.807, 2.05) is 48.2 Å². The van der Waals surface area contributed by atoms with Crippen LogP contribution in [0.3, 0.4) is 0 Å². The van der Waals surface area contributed by atoms with Gasteiger partial charge in [-0.25, -0.2) is 9.97 Å². The molecule has 0 bridgehead atoms. The fourth-order valence-electron chi connectivity index (χ4n) is 3.86. The summed E-state index contributed by atoms with van der Waals surface area (Å²) in [6.45, 7) is 5.69. The first kappa shape index (κ1) is 19.2.